The van der Waals surface area contributed by atoms with Crippen molar-refractivity contribution in [1.82, 2.24) is 4.90 Å². The van der Waals surface area contributed by atoms with Crippen molar-refractivity contribution in [3.8, 4) is 5.75 Å². The van der Waals surface area contributed by atoms with E-state index in [1.54, 1.807) is 4.90 Å². The highest BCUT2D eigenvalue weighted by atomic mass is 35.5. The summed E-state index contributed by atoms with van der Waals surface area (Å²) in [6, 6.07) is 3.64. The van der Waals surface area contributed by atoms with Crippen LogP contribution in [0.2, 0.25) is 5.02 Å². The van der Waals surface area contributed by atoms with Gasteiger partial charge in [0, 0.05) is 31.3 Å². The summed E-state index contributed by atoms with van der Waals surface area (Å²) in [5.74, 6) is -1.54. The van der Waals surface area contributed by atoms with Crippen molar-refractivity contribution in [2.45, 2.75) is 50.0 Å². The van der Waals surface area contributed by atoms with Crippen molar-refractivity contribution in [1.29, 1.82) is 0 Å². The average Bonchev–Trinajstić information content (AvgIpc) is 3.61. The van der Waals surface area contributed by atoms with Gasteiger partial charge in [-0.2, -0.15) is 13.2 Å². The Hall–Kier alpha value is -1.97. The smallest absolute Gasteiger partial charge is 0.416 e. The number of rotatable bonds is 7. The van der Waals surface area contributed by atoms with E-state index in [4.69, 9.17) is 27.9 Å². The standard InChI is InChI=1S/C24H21Cl2F6NO2/c25-18-8-15(24(30,31)32)7-14(21(18)28)11-33-5-3-23(29,4-6-33)12-35-20-10-19(27)17(22(26)34)9-16(20)13-1-2-13/h7-10,13H,1-6,11-12H2. The number of carbonyl (C=O) groups is 1. The summed E-state index contributed by atoms with van der Waals surface area (Å²) in [5.41, 5.74) is -2.69. The van der Waals surface area contributed by atoms with Gasteiger partial charge in [0.1, 0.15) is 29.7 Å². The molecule has 3 nitrogen and oxygen atoms in total. The molecule has 4 rings (SSSR count). The number of likely N-dealkylation sites (tertiary alicyclic amines) is 1. The zero-order valence-corrected chi connectivity index (χ0v) is 19.8. The van der Waals surface area contributed by atoms with E-state index in [-0.39, 0.29) is 61.9 Å². The van der Waals surface area contributed by atoms with E-state index in [9.17, 15) is 26.7 Å². The molecule has 11 heteroatoms. The molecule has 1 aliphatic carbocycles. The number of piperidine rings is 1. The summed E-state index contributed by atoms with van der Waals surface area (Å²) in [4.78, 5) is 13.1. The Bertz CT molecular complexity index is 1130. The second kappa shape index (κ2) is 9.82. The third kappa shape index (κ3) is 6.06. The van der Waals surface area contributed by atoms with Gasteiger partial charge in [0.2, 0.25) is 0 Å². The van der Waals surface area contributed by atoms with E-state index >= 15 is 4.39 Å². The molecule has 0 radical (unpaired) electrons. The molecule has 1 saturated heterocycles. The molecular formula is C24H21Cl2F6NO2. The number of hydrogen-bond acceptors (Lipinski definition) is 3. The van der Waals surface area contributed by atoms with Gasteiger partial charge >= 0.3 is 6.18 Å². The van der Waals surface area contributed by atoms with Gasteiger partial charge in [0.25, 0.3) is 5.24 Å². The number of ether oxygens (including phenoxy) is 1. The molecule has 0 spiro atoms. The molecule has 1 heterocycles. The Kier molecular flexibility index (Phi) is 7.33. The zero-order valence-electron chi connectivity index (χ0n) is 18.3. The van der Waals surface area contributed by atoms with Crippen LogP contribution in [0.15, 0.2) is 24.3 Å². The molecule has 2 aliphatic rings. The van der Waals surface area contributed by atoms with Crippen molar-refractivity contribution >= 4 is 28.4 Å². The molecule has 1 aliphatic heterocycles. The van der Waals surface area contributed by atoms with Crippen molar-refractivity contribution in [3.05, 3.63) is 63.2 Å². The maximum absolute atomic E-state index is 15.4. The second-order valence-corrected chi connectivity index (χ2v) is 9.81. The van der Waals surface area contributed by atoms with E-state index in [0.29, 0.717) is 17.7 Å². The van der Waals surface area contributed by atoms with Gasteiger partial charge < -0.3 is 4.74 Å². The Morgan fingerprint density at radius 2 is 1.77 bits per heavy atom. The average molecular weight is 540 g/mol. The zero-order chi connectivity index (χ0) is 25.5. The van der Waals surface area contributed by atoms with Crippen LogP contribution in [0.3, 0.4) is 0 Å². The number of hydrogen-bond donors (Lipinski definition) is 0. The Morgan fingerprint density at radius 1 is 1.11 bits per heavy atom. The summed E-state index contributed by atoms with van der Waals surface area (Å²) in [5, 5.41) is -1.55. The van der Waals surface area contributed by atoms with Crippen LogP contribution in [-0.4, -0.2) is 35.5 Å². The summed E-state index contributed by atoms with van der Waals surface area (Å²) in [7, 11) is 0. The second-order valence-electron chi connectivity index (χ2n) is 9.06. The molecule has 2 aromatic rings. The molecule has 0 amide bonds. The topological polar surface area (TPSA) is 29.5 Å². The summed E-state index contributed by atoms with van der Waals surface area (Å²) in [6.07, 6.45) is -3.03. The lowest BCUT2D eigenvalue weighted by atomic mass is 9.93. The minimum Gasteiger partial charge on any atom is -0.490 e. The molecule has 1 saturated carbocycles. The van der Waals surface area contributed by atoms with E-state index in [1.807, 2.05) is 0 Å². The van der Waals surface area contributed by atoms with E-state index in [0.717, 1.165) is 18.9 Å². The minimum atomic E-state index is -4.67. The lowest BCUT2D eigenvalue weighted by molar-refractivity contribution is -0.137. The van der Waals surface area contributed by atoms with Crippen LogP contribution >= 0.6 is 23.2 Å². The quantitative estimate of drug-likeness (QED) is 0.273. The van der Waals surface area contributed by atoms with Gasteiger partial charge in [-0.05, 0) is 67.0 Å². The first kappa shape index (κ1) is 26.1. The molecule has 35 heavy (non-hydrogen) atoms. The fraction of sp³-hybridized carbons (Fsp3) is 0.458. The van der Waals surface area contributed by atoms with Crippen molar-refractivity contribution in [2.24, 2.45) is 0 Å². The molecule has 0 atom stereocenters. The first-order chi connectivity index (χ1) is 16.4. The van der Waals surface area contributed by atoms with Crippen LogP contribution < -0.4 is 4.74 Å². The van der Waals surface area contributed by atoms with Crippen molar-refractivity contribution in [3.63, 3.8) is 0 Å². The van der Waals surface area contributed by atoms with Gasteiger partial charge in [-0.25, -0.2) is 13.2 Å². The van der Waals surface area contributed by atoms with E-state index < -0.39 is 39.3 Å². The fourth-order valence-electron chi connectivity index (χ4n) is 4.19. The van der Waals surface area contributed by atoms with Crippen molar-refractivity contribution < 1.29 is 35.9 Å². The summed E-state index contributed by atoms with van der Waals surface area (Å²) < 4.78 is 88.8. The van der Waals surface area contributed by atoms with Crippen LogP contribution in [0.5, 0.6) is 5.75 Å². The van der Waals surface area contributed by atoms with Crippen LogP contribution in [0.25, 0.3) is 0 Å². The normalized spacial score (nSPS) is 18.5. The molecule has 2 aromatic carbocycles. The number of nitrogens with zero attached hydrogens (tertiary/aromatic N) is 1. The number of halogens is 8. The van der Waals surface area contributed by atoms with E-state index in [2.05, 4.69) is 0 Å². The third-order valence-electron chi connectivity index (χ3n) is 6.39. The molecular weight excluding hydrogens is 519 g/mol. The highest BCUT2D eigenvalue weighted by Crippen LogP contribution is 2.45. The summed E-state index contributed by atoms with van der Waals surface area (Å²) in [6.45, 7) is -0.220. The Balaban J connectivity index is 1.40. The van der Waals surface area contributed by atoms with Crippen LogP contribution in [0.4, 0.5) is 26.3 Å². The van der Waals surface area contributed by atoms with Gasteiger partial charge in [-0.3, -0.25) is 9.69 Å². The van der Waals surface area contributed by atoms with Gasteiger partial charge in [0.15, 0.2) is 0 Å². The molecule has 0 unspecified atom stereocenters. The fourth-order valence-corrected chi connectivity index (χ4v) is 4.57. The highest BCUT2D eigenvalue weighted by molar-refractivity contribution is 6.67. The lowest BCUT2D eigenvalue weighted by Crippen LogP contribution is -2.44. The van der Waals surface area contributed by atoms with Crippen LogP contribution in [0.1, 0.15) is 58.6 Å². The van der Waals surface area contributed by atoms with E-state index in [1.165, 1.54) is 6.07 Å². The monoisotopic (exact) mass is 539 g/mol. The molecule has 0 aromatic heterocycles. The third-order valence-corrected chi connectivity index (χ3v) is 6.87. The van der Waals surface area contributed by atoms with Gasteiger partial charge in [-0.1, -0.05) is 11.6 Å². The number of alkyl halides is 4. The van der Waals surface area contributed by atoms with Crippen LogP contribution in [0, 0.1) is 11.6 Å². The van der Waals surface area contributed by atoms with Gasteiger partial charge in [-0.15, -0.1) is 0 Å². The Labute approximate surface area is 207 Å². The molecule has 0 bridgehead atoms. The predicted octanol–water partition coefficient (Wildman–Crippen LogP) is 7.28. The first-order valence-corrected chi connectivity index (χ1v) is 11.7. The largest absolute Gasteiger partial charge is 0.490 e. The van der Waals surface area contributed by atoms with Crippen molar-refractivity contribution in [2.75, 3.05) is 19.7 Å². The molecule has 190 valence electrons. The number of benzene rings is 2. The van der Waals surface area contributed by atoms with Gasteiger partial charge in [0.05, 0.1) is 16.1 Å². The summed E-state index contributed by atoms with van der Waals surface area (Å²) >= 11 is 11.1. The van der Waals surface area contributed by atoms with Crippen LogP contribution in [-0.2, 0) is 12.7 Å². The maximum atomic E-state index is 15.4. The highest BCUT2D eigenvalue weighted by Gasteiger charge is 2.38. The predicted molar refractivity (Wildman–Crippen MR) is 119 cm³/mol. The SMILES string of the molecule is O=C(Cl)c1cc(C2CC2)c(OCC2(F)CCN(Cc3cc(C(F)(F)F)cc(Cl)c3F)CC2)cc1F. The molecule has 2 fully saturated rings. The minimum absolute atomic E-state index is 0.0131. The molecule has 0 N–H and O–H groups in total. The number of carbonyl (C=O) groups excluding carboxylic acids is 1. The lowest BCUT2D eigenvalue weighted by Gasteiger charge is -2.36. The maximum Gasteiger partial charge on any atom is 0.416 e. The Morgan fingerprint density at radius 3 is 2.34 bits per heavy atom. The first-order valence-electron chi connectivity index (χ1n) is 11.0.